The predicted octanol–water partition coefficient (Wildman–Crippen LogP) is -1.14. The van der Waals surface area contributed by atoms with Crippen molar-refractivity contribution in [3.8, 4) is 5.75 Å². The first kappa shape index (κ1) is 11.8. The van der Waals surface area contributed by atoms with Crippen molar-refractivity contribution in [3.63, 3.8) is 0 Å². The largest absolute Gasteiger partial charge is 0.489 e. The zero-order valence-corrected chi connectivity index (χ0v) is 8.74. The highest BCUT2D eigenvalue weighted by Gasteiger charge is 2.07. The van der Waals surface area contributed by atoms with Crippen molar-refractivity contribution in [1.82, 2.24) is 15.3 Å². The number of urea groups is 1. The first-order chi connectivity index (χ1) is 7.65. The highest BCUT2D eigenvalue weighted by Crippen LogP contribution is 2.13. The summed E-state index contributed by atoms with van der Waals surface area (Å²) in [5.74, 6) is 0.416. The van der Waals surface area contributed by atoms with E-state index in [1.807, 2.05) is 0 Å². The molecule has 1 aromatic rings. The van der Waals surface area contributed by atoms with E-state index < -0.39 is 6.03 Å². The number of amides is 2. The number of carbonyl (C=O) groups is 1. The molecule has 0 radical (unpaired) electrons. The summed E-state index contributed by atoms with van der Waals surface area (Å²) < 4.78 is 4.87. The van der Waals surface area contributed by atoms with Gasteiger partial charge in [-0.2, -0.15) is 0 Å². The third kappa shape index (κ3) is 3.15. The predicted molar refractivity (Wildman–Crippen MR) is 57.5 cm³/mol. The summed E-state index contributed by atoms with van der Waals surface area (Å²) in [5.41, 5.74) is 4.51. The molecule has 0 saturated heterocycles. The molecule has 0 fully saturated rings. The Bertz CT molecular complexity index is 416. The van der Waals surface area contributed by atoms with Crippen LogP contribution in [0.2, 0.25) is 0 Å². The second-order valence-corrected chi connectivity index (χ2v) is 2.83. The fourth-order valence-electron chi connectivity index (χ4n) is 1.07. The Hall–Kier alpha value is -2.25. The number of anilines is 1. The number of ether oxygens (including phenoxy) is 1. The Labute approximate surface area is 91.2 Å². The molecule has 5 N–H and O–H groups in total. The quantitative estimate of drug-likeness (QED) is 0.473. The van der Waals surface area contributed by atoms with Crippen molar-refractivity contribution in [1.29, 1.82) is 0 Å². The maximum atomic E-state index is 11.3. The van der Waals surface area contributed by atoms with Crippen molar-refractivity contribution >= 4 is 11.8 Å². The van der Waals surface area contributed by atoms with Crippen LogP contribution in [0, 0.1) is 0 Å². The summed E-state index contributed by atoms with van der Waals surface area (Å²) in [4.78, 5) is 27.9. The van der Waals surface area contributed by atoms with Crippen molar-refractivity contribution in [2.45, 2.75) is 0 Å². The lowest BCUT2D eigenvalue weighted by molar-refractivity contribution is 0.249. The third-order valence-corrected chi connectivity index (χ3v) is 1.73. The van der Waals surface area contributed by atoms with Crippen molar-refractivity contribution < 1.29 is 9.53 Å². The number of carbonyl (C=O) groups excluding carboxylic acids is 1. The molecule has 16 heavy (non-hydrogen) atoms. The molecular weight excluding hydrogens is 214 g/mol. The SMILES string of the molecule is COc1c(NCCNC(N)=O)nc[nH]c1=O. The molecule has 0 aliphatic heterocycles. The van der Waals surface area contributed by atoms with Crippen LogP contribution in [-0.4, -0.2) is 36.2 Å². The average molecular weight is 227 g/mol. The van der Waals surface area contributed by atoms with Gasteiger partial charge in [0.05, 0.1) is 13.4 Å². The first-order valence-electron chi connectivity index (χ1n) is 4.54. The summed E-state index contributed by atoms with van der Waals surface area (Å²) in [5, 5.41) is 5.22. The summed E-state index contributed by atoms with van der Waals surface area (Å²) >= 11 is 0. The smallest absolute Gasteiger partial charge is 0.312 e. The van der Waals surface area contributed by atoms with E-state index in [2.05, 4.69) is 20.6 Å². The number of rotatable bonds is 5. The maximum Gasteiger partial charge on any atom is 0.312 e. The monoisotopic (exact) mass is 227 g/mol. The van der Waals surface area contributed by atoms with Gasteiger partial charge in [0.15, 0.2) is 5.82 Å². The molecule has 8 heteroatoms. The number of methoxy groups -OCH3 is 1. The summed E-state index contributed by atoms with van der Waals surface area (Å²) in [6.07, 6.45) is 1.26. The van der Waals surface area contributed by atoms with Crippen LogP contribution < -0.4 is 26.7 Å². The number of H-pyrrole nitrogens is 1. The second kappa shape index (κ2) is 5.59. The lowest BCUT2D eigenvalue weighted by atomic mass is 10.5. The normalized spacial score (nSPS) is 9.56. The van der Waals surface area contributed by atoms with Gasteiger partial charge in [0.1, 0.15) is 0 Å². The third-order valence-electron chi connectivity index (χ3n) is 1.73. The van der Waals surface area contributed by atoms with Crippen LogP contribution in [0.5, 0.6) is 5.75 Å². The molecule has 2 amide bonds. The minimum atomic E-state index is -0.604. The van der Waals surface area contributed by atoms with E-state index >= 15 is 0 Å². The van der Waals surface area contributed by atoms with Gasteiger partial charge in [0.25, 0.3) is 5.56 Å². The molecule has 0 spiro atoms. The summed E-state index contributed by atoms with van der Waals surface area (Å²) in [6, 6.07) is -0.604. The summed E-state index contributed by atoms with van der Waals surface area (Å²) in [6.45, 7) is 0.711. The lowest BCUT2D eigenvalue weighted by Crippen LogP contribution is -2.33. The Kier molecular flexibility index (Phi) is 4.13. The number of nitrogens with one attached hydrogen (secondary N) is 3. The van der Waals surface area contributed by atoms with E-state index in [9.17, 15) is 9.59 Å². The molecule has 1 aromatic heterocycles. The van der Waals surface area contributed by atoms with Crippen molar-refractivity contribution in [2.75, 3.05) is 25.5 Å². The highest BCUT2D eigenvalue weighted by atomic mass is 16.5. The van der Waals surface area contributed by atoms with Crippen molar-refractivity contribution in [3.05, 3.63) is 16.7 Å². The van der Waals surface area contributed by atoms with Crippen LogP contribution in [0.3, 0.4) is 0 Å². The van der Waals surface area contributed by atoms with E-state index in [0.717, 1.165) is 0 Å². The number of nitrogens with two attached hydrogens (primary N) is 1. The Balaban J connectivity index is 2.57. The van der Waals surface area contributed by atoms with Crippen LogP contribution in [0.1, 0.15) is 0 Å². The second-order valence-electron chi connectivity index (χ2n) is 2.83. The number of aromatic amines is 1. The van der Waals surface area contributed by atoms with E-state index in [1.165, 1.54) is 13.4 Å². The molecule has 0 aliphatic carbocycles. The van der Waals surface area contributed by atoms with Crippen LogP contribution in [0.4, 0.5) is 10.6 Å². The Morgan fingerprint density at radius 2 is 2.38 bits per heavy atom. The molecule has 0 saturated carbocycles. The molecule has 88 valence electrons. The zero-order valence-electron chi connectivity index (χ0n) is 8.74. The molecule has 0 bridgehead atoms. The van der Waals surface area contributed by atoms with Gasteiger partial charge >= 0.3 is 6.03 Å². The molecule has 0 aliphatic rings. The molecule has 0 unspecified atom stereocenters. The van der Waals surface area contributed by atoms with Crippen LogP contribution >= 0.6 is 0 Å². The molecular formula is C8H13N5O3. The van der Waals surface area contributed by atoms with E-state index in [4.69, 9.17) is 10.5 Å². The van der Waals surface area contributed by atoms with Gasteiger partial charge in [-0.25, -0.2) is 9.78 Å². The van der Waals surface area contributed by atoms with E-state index in [1.54, 1.807) is 0 Å². The fraction of sp³-hybridized carbons (Fsp3) is 0.375. The highest BCUT2D eigenvalue weighted by molar-refractivity contribution is 5.71. The average Bonchev–Trinajstić information content (AvgIpc) is 2.24. The minimum Gasteiger partial charge on any atom is -0.489 e. The Morgan fingerprint density at radius 3 is 3.00 bits per heavy atom. The van der Waals surface area contributed by atoms with Gasteiger partial charge in [-0.05, 0) is 0 Å². The van der Waals surface area contributed by atoms with Crippen LogP contribution in [0.15, 0.2) is 11.1 Å². The fourth-order valence-corrected chi connectivity index (χ4v) is 1.07. The van der Waals surface area contributed by atoms with E-state index in [0.29, 0.717) is 18.9 Å². The van der Waals surface area contributed by atoms with Crippen LogP contribution in [-0.2, 0) is 0 Å². The molecule has 1 heterocycles. The van der Waals surface area contributed by atoms with Gasteiger partial charge in [-0.15, -0.1) is 0 Å². The van der Waals surface area contributed by atoms with E-state index in [-0.39, 0.29) is 11.3 Å². The number of nitrogens with zero attached hydrogens (tertiary/aromatic N) is 1. The summed E-state index contributed by atoms with van der Waals surface area (Å²) in [7, 11) is 1.37. The molecule has 8 nitrogen and oxygen atoms in total. The van der Waals surface area contributed by atoms with Crippen molar-refractivity contribution in [2.24, 2.45) is 5.73 Å². The first-order valence-corrected chi connectivity index (χ1v) is 4.54. The standard InChI is InChI=1S/C8H13N5O3/c1-16-5-6(12-4-13-7(5)14)10-2-3-11-8(9)15/h4H,2-3H2,1H3,(H3,9,11,15)(H2,10,12,13,14). The van der Waals surface area contributed by atoms with Gasteiger partial charge in [-0.1, -0.05) is 0 Å². The number of hydrogen-bond donors (Lipinski definition) is 4. The minimum absolute atomic E-state index is 0.0987. The topological polar surface area (TPSA) is 122 Å². The van der Waals surface area contributed by atoms with Gasteiger partial charge < -0.3 is 26.1 Å². The maximum absolute atomic E-state index is 11.3. The van der Waals surface area contributed by atoms with Gasteiger partial charge in [0.2, 0.25) is 5.75 Å². The number of hydrogen-bond acceptors (Lipinski definition) is 5. The van der Waals surface area contributed by atoms with Gasteiger partial charge in [0, 0.05) is 13.1 Å². The Morgan fingerprint density at radius 1 is 1.62 bits per heavy atom. The van der Waals surface area contributed by atoms with Crippen LogP contribution in [0.25, 0.3) is 0 Å². The molecule has 1 rings (SSSR count). The zero-order chi connectivity index (χ0) is 12.0. The molecule has 0 atom stereocenters. The lowest BCUT2D eigenvalue weighted by Gasteiger charge is -2.08. The number of aromatic nitrogens is 2. The molecule has 0 aromatic carbocycles. The number of primary amides is 1. The van der Waals surface area contributed by atoms with Gasteiger partial charge in [-0.3, -0.25) is 4.79 Å².